The summed E-state index contributed by atoms with van der Waals surface area (Å²) in [4.78, 5) is 29.7. The van der Waals surface area contributed by atoms with Crippen LogP contribution >= 0.6 is 0 Å². The fraction of sp³-hybridized carbons (Fsp3) is 0. The summed E-state index contributed by atoms with van der Waals surface area (Å²) in [6, 6.07) is 9.18. The predicted molar refractivity (Wildman–Crippen MR) is 92.6 cm³/mol. The van der Waals surface area contributed by atoms with Gasteiger partial charge in [-0.15, -0.1) is 0 Å². The van der Waals surface area contributed by atoms with E-state index in [-0.39, 0.29) is 5.95 Å². The minimum atomic E-state index is 0.267. The molecule has 0 aliphatic carbocycles. The molecule has 0 saturated carbocycles. The van der Waals surface area contributed by atoms with Gasteiger partial charge in [-0.2, -0.15) is 0 Å². The van der Waals surface area contributed by atoms with Crippen molar-refractivity contribution in [3.05, 3.63) is 61.4 Å². The molecule has 8 nitrogen and oxygen atoms in total. The van der Waals surface area contributed by atoms with Crippen molar-refractivity contribution in [2.24, 2.45) is 4.99 Å². The van der Waals surface area contributed by atoms with Crippen molar-refractivity contribution >= 4 is 12.7 Å². The Labute approximate surface area is 143 Å². The number of pyridine rings is 1. The monoisotopic (exact) mass is 328 g/mol. The molecule has 0 aliphatic rings. The minimum Gasteiger partial charge on any atom is -0.274 e. The Morgan fingerprint density at radius 3 is 2.28 bits per heavy atom. The molecule has 0 atom stereocenters. The van der Waals surface area contributed by atoms with Gasteiger partial charge in [-0.1, -0.05) is 6.07 Å². The van der Waals surface area contributed by atoms with Crippen LogP contribution in [0.3, 0.4) is 0 Å². The van der Waals surface area contributed by atoms with Crippen molar-refractivity contribution in [3.63, 3.8) is 0 Å². The van der Waals surface area contributed by atoms with E-state index in [0.29, 0.717) is 23.0 Å². The third-order valence-electron chi connectivity index (χ3n) is 3.41. The first-order valence-electron chi connectivity index (χ1n) is 7.42. The molecule has 0 unspecified atom stereocenters. The van der Waals surface area contributed by atoms with Gasteiger partial charge in [0.2, 0.25) is 11.9 Å². The maximum absolute atomic E-state index is 4.38. The summed E-state index contributed by atoms with van der Waals surface area (Å²) in [7, 11) is 0. The standard InChI is InChI=1S/C17H12N8/c1-18-16-23-13(12-5-2-3-6-19-12)9-14(24-16)15-10-25(11-22-15)17-20-7-4-8-21-17/h2-11H,1H2. The van der Waals surface area contributed by atoms with Gasteiger partial charge in [-0.05, 0) is 31.0 Å². The topological polar surface area (TPSA) is 94.6 Å². The van der Waals surface area contributed by atoms with Gasteiger partial charge in [0.15, 0.2) is 0 Å². The molecular formula is C17H12N8. The Morgan fingerprint density at radius 2 is 1.56 bits per heavy atom. The molecular weight excluding hydrogens is 316 g/mol. The molecule has 25 heavy (non-hydrogen) atoms. The summed E-state index contributed by atoms with van der Waals surface area (Å²) in [6.45, 7) is 3.51. The third kappa shape index (κ3) is 3.00. The normalized spacial score (nSPS) is 10.6. The second-order valence-electron chi connectivity index (χ2n) is 5.03. The average Bonchev–Trinajstić information content (AvgIpc) is 3.19. The molecule has 8 heteroatoms. The van der Waals surface area contributed by atoms with Crippen LogP contribution in [0.2, 0.25) is 0 Å². The van der Waals surface area contributed by atoms with Gasteiger partial charge < -0.3 is 0 Å². The molecule has 0 bridgehead atoms. The second kappa shape index (κ2) is 6.36. The summed E-state index contributed by atoms with van der Waals surface area (Å²) < 4.78 is 1.72. The molecule has 0 amide bonds. The van der Waals surface area contributed by atoms with Crippen LogP contribution in [0, 0.1) is 0 Å². The molecule has 0 saturated heterocycles. The van der Waals surface area contributed by atoms with Crippen LogP contribution in [0.1, 0.15) is 0 Å². The number of aromatic nitrogens is 7. The van der Waals surface area contributed by atoms with Crippen molar-refractivity contribution in [1.82, 2.24) is 34.5 Å². The van der Waals surface area contributed by atoms with Gasteiger partial charge in [-0.3, -0.25) is 9.55 Å². The van der Waals surface area contributed by atoms with Crippen LogP contribution in [-0.4, -0.2) is 41.2 Å². The van der Waals surface area contributed by atoms with Crippen LogP contribution in [0.15, 0.2) is 66.4 Å². The van der Waals surface area contributed by atoms with Gasteiger partial charge in [0, 0.05) is 24.8 Å². The van der Waals surface area contributed by atoms with Crippen LogP contribution in [0.5, 0.6) is 0 Å². The highest BCUT2D eigenvalue weighted by molar-refractivity contribution is 5.65. The highest BCUT2D eigenvalue weighted by Crippen LogP contribution is 2.24. The van der Waals surface area contributed by atoms with Gasteiger partial charge in [0.05, 0.1) is 17.1 Å². The average molecular weight is 328 g/mol. The number of hydrogen-bond donors (Lipinski definition) is 0. The van der Waals surface area contributed by atoms with Crippen LogP contribution in [0.4, 0.5) is 5.95 Å². The Hall–Kier alpha value is -3.81. The molecule has 0 N–H and O–H groups in total. The number of rotatable bonds is 4. The lowest BCUT2D eigenvalue weighted by molar-refractivity contribution is 0.925. The fourth-order valence-electron chi connectivity index (χ4n) is 2.27. The van der Waals surface area contributed by atoms with Gasteiger partial charge in [-0.25, -0.2) is 29.9 Å². The van der Waals surface area contributed by atoms with Crippen molar-refractivity contribution in [3.8, 4) is 28.7 Å². The molecule has 4 rings (SSSR count). The minimum absolute atomic E-state index is 0.267. The summed E-state index contributed by atoms with van der Waals surface area (Å²) in [6.07, 6.45) is 8.48. The van der Waals surface area contributed by atoms with Crippen LogP contribution in [-0.2, 0) is 0 Å². The third-order valence-corrected chi connectivity index (χ3v) is 3.41. The lowest BCUT2D eigenvalue weighted by Crippen LogP contribution is -1.96. The molecule has 4 aromatic rings. The zero-order valence-electron chi connectivity index (χ0n) is 13.1. The Bertz CT molecular complexity index is 1010. The summed E-state index contributed by atoms with van der Waals surface area (Å²) >= 11 is 0. The number of hydrogen-bond acceptors (Lipinski definition) is 7. The highest BCUT2D eigenvalue weighted by atomic mass is 15.2. The van der Waals surface area contributed by atoms with E-state index >= 15 is 0 Å². The molecule has 4 aromatic heterocycles. The van der Waals surface area contributed by atoms with Crippen molar-refractivity contribution < 1.29 is 0 Å². The molecule has 4 heterocycles. The van der Waals surface area contributed by atoms with Gasteiger partial charge in [0.25, 0.3) is 0 Å². The number of nitrogens with zero attached hydrogens (tertiary/aromatic N) is 8. The first kappa shape index (κ1) is 14.8. The number of imidazole rings is 1. The molecule has 0 aromatic carbocycles. The van der Waals surface area contributed by atoms with E-state index in [1.165, 1.54) is 0 Å². The molecule has 0 spiro atoms. The largest absolute Gasteiger partial charge is 0.274 e. The molecule has 120 valence electrons. The van der Waals surface area contributed by atoms with E-state index in [2.05, 4.69) is 41.6 Å². The number of aliphatic imine (C=N–C) groups is 1. The van der Waals surface area contributed by atoms with E-state index < -0.39 is 0 Å². The second-order valence-corrected chi connectivity index (χ2v) is 5.03. The van der Waals surface area contributed by atoms with E-state index in [1.54, 1.807) is 41.7 Å². The van der Waals surface area contributed by atoms with Crippen molar-refractivity contribution in [2.45, 2.75) is 0 Å². The first-order valence-corrected chi connectivity index (χ1v) is 7.42. The predicted octanol–water partition coefficient (Wildman–Crippen LogP) is 2.51. The van der Waals surface area contributed by atoms with Gasteiger partial charge in [0.1, 0.15) is 12.0 Å². The Kier molecular flexibility index (Phi) is 3.76. The molecule has 0 aliphatic heterocycles. The maximum atomic E-state index is 4.38. The van der Waals surface area contributed by atoms with Crippen LogP contribution < -0.4 is 0 Å². The van der Waals surface area contributed by atoms with Crippen molar-refractivity contribution in [1.29, 1.82) is 0 Å². The summed E-state index contributed by atoms with van der Waals surface area (Å²) in [5.74, 6) is 0.797. The lowest BCUT2D eigenvalue weighted by Gasteiger charge is -2.03. The van der Waals surface area contributed by atoms with E-state index in [9.17, 15) is 0 Å². The molecule has 0 radical (unpaired) electrons. The van der Waals surface area contributed by atoms with E-state index in [4.69, 9.17) is 0 Å². The van der Waals surface area contributed by atoms with Gasteiger partial charge >= 0.3 is 0 Å². The van der Waals surface area contributed by atoms with Crippen molar-refractivity contribution in [2.75, 3.05) is 0 Å². The zero-order chi connectivity index (χ0) is 17.1. The molecule has 0 fully saturated rings. The lowest BCUT2D eigenvalue weighted by atomic mass is 10.2. The van der Waals surface area contributed by atoms with Crippen LogP contribution in [0.25, 0.3) is 28.7 Å². The highest BCUT2D eigenvalue weighted by Gasteiger charge is 2.11. The Morgan fingerprint density at radius 1 is 0.800 bits per heavy atom. The van der Waals surface area contributed by atoms with E-state index in [1.807, 2.05) is 24.3 Å². The first-order chi connectivity index (χ1) is 12.3. The summed E-state index contributed by atoms with van der Waals surface area (Å²) in [5, 5.41) is 0. The zero-order valence-corrected chi connectivity index (χ0v) is 13.1. The maximum Gasteiger partial charge on any atom is 0.249 e. The van der Waals surface area contributed by atoms with E-state index in [0.717, 1.165) is 5.69 Å². The Balaban J connectivity index is 1.78. The fourth-order valence-corrected chi connectivity index (χ4v) is 2.27. The summed E-state index contributed by atoms with van der Waals surface area (Å²) in [5.41, 5.74) is 2.64. The smallest absolute Gasteiger partial charge is 0.249 e. The quantitative estimate of drug-likeness (QED) is 0.534. The SMILES string of the molecule is C=Nc1nc(-c2ccccn2)cc(-c2cn(-c3ncccn3)cn2)n1.